The Morgan fingerprint density at radius 3 is 1.95 bits per heavy atom. The van der Waals surface area contributed by atoms with Crippen LogP contribution in [0.15, 0.2) is 77.1 Å². The summed E-state index contributed by atoms with van der Waals surface area (Å²) >= 11 is 0. The van der Waals surface area contributed by atoms with Crippen molar-refractivity contribution in [2.24, 2.45) is 4.99 Å². The van der Waals surface area contributed by atoms with E-state index >= 15 is 0 Å². The van der Waals surface area contributed by atoms with Gasteiger partial charge < -0.3 is 20.0 Å². The topological polar surface area (TPSA) is 51.2 Å². The Balaban J connectivity index is 1.96. The number of carbonyl (C=O) groups excluding carboxylic acids is 1. The molecule has 0 bridgehead atoms. The third-order valence-corrected chi connectivity index (χ3v) is 7.85. The fourth-order valence-electron chi connectivity index (χ4n) is 5.09. The van der Waals surface area contributed by atoms with Crippen LogP contribution in [0.3, 0.4) is 0 Å². The van der Waals surface area contributed by atoms with Gasteiger partial charge in [0.2, 0.25) is 5.78 Å². The summed E-state index contributed by atoms with van der Waals surface area (Å²) in [5, 5.41) is 3.39. The fraction of sp³-hybridized carbons (Fsp3) is 0.486. The van der Waals surface area contributed by atoms with Crippen LogP contribution in [0.4, 0.5) is 17.1 Å². The third-order valence-electron chi connectivity index (χ3n) is 7.85. The van der Waals surface area contributed by atoms with E-state index in [1.54, 1.807) is 6.08 Å². The first-order chi connectivity index (χ1) is 19.7. The van der Waals surface area contributed by atoms with E-state index in [2.05, 4.69) is 124 Å². The molecule has 1 aliphatic carbocycles. The van der Waals surface area contributed by atoms with Gasteiger partial charge in [-0.05, 0) is 95.2 Å². The Bertz CT molecular complexity index is 1200. The van der Waals surface area contributed by atoms with Crippen LogP contribution in [0.25, 0.3) is 0 Å². The molecule has 41 heavy (non-hydrogen) atoms. The van der Waals surface area contributed by atoms with Crippen molar-refractivity contribution in [1.82, 2.24) is 9.80 Å². The summed E-state index contributed by atoms with van der Waals surface area (Å²) in [5.41, 5.74) is 6.48. The molecular formula is C35H51N5O. The molecule has 1 unspecified atom stereocenters. The normalized spacial score (nSPS) is 15.3. The van der Waals surface area contributed by atoms with Crippen molar-refractivity contribution < 1.29 is 4.79 Å². The number of unbranched alkanes of at least 4 members (excludes halogenated alkanes) is 2. The molecule has 0 aliphatic heterocycles. The largest absolute Gasteiger partial charge is 0.372 e. The molecule has 1 N–H and O–H groups in total. The van der Waals surface area contributed by atoms with Crippen molar-refractivity contribution in [2.75, 3.05) is 44.4 Å². The Labute approximate surface area is 248 Å². The van der Waals surface area contributed by atoms with Crippen LogP contribution in [0.1, 0.15) is 78.3 Å². The first kappa shape index (κ1) is 32.1. The van der Waals surface area contributed by atoms with Gasteiger partial charge in [0.1, 0.15) is 0 Å². The molecule has 1 atom stereocenters. The van der Waals surface area contributed by atoms with E-state index in [9.17, 15) is 4.79 Å². The zero-order valence-corrected chi connectivity index (χ0v) is 26.6. The van der Waals surface area contributed by atoms with Gasteiger partial charge in [-0.15, -0.1) is 0 Å². The van der Waals surface area contributed by atoms with Crippen molar-refractivity contribution in [3.63, 3.8) is 0 Å². The second kappa shape index (κ2) is 15.6. The molecule has 0 aromatic heterocycles. The maximum atomic E-state index is 13.5. The third kappa shape index (κ3) is 8.80. The molecule has 0 amide bonds. The first-order valence-electron chi connectivity index (χ1n) is 15.4. The second-order valence-corrected chi connectivity index (χ2v) is 11.5. The molecule has 0 spiro atoms. The minimum absolute atomic E-state index is 0.0188. The molecule has 0 heterocycles. The van der Waals surface area contributed by atoms with Crippen LogP contribution in [0.5, 0.6) is 0 Å². The molecule has 0 saturated heterocycles. The van der Waals surface area contributed by atoms with E-state index in [0.717, 1.165) is 73.7 Å². The maximum Gasteiger partial charge on any atom is 0.204 e. The lowest BCUT2D eigenvalue weighted by Gasteiger charge is -2.30. The van der Waals surface area contributed by atoms with E-state index in [1.165, 1.54) is 5.56 Å². The minimum Gasteiger partial charge on any atom is -0.372 e. The van der Waals surface area contributed by atoms with Gasteiger partial charge in [0.15, 0.2) is 0 Å². The molecular weight excluding hydrogens is 506 g/mol. The summed E-state index contributed by atoms with van der Waals surface area (Å²) < 4.78 is 0. The van der Waals surface area contributed by atoms with Crippen LogP contribution >= 0.6 is 0 Å². The smallest absolute Gasteiger partial charge is 0.204 e. The van der Waals surface area contributed by atoms with Crippen molar-refractivity contribution in [3.05, 3.63) is 77.6 Å². The maximum absolute atomic E-state index is 13.5. The molecule has 2 aromatic carbocycles. The van der Waals surface area contributed by atoms with Crippen LogP contribution in [0.2, 0.25) is 0 Å². The second-order valence-electron chi connectivity index (χ2n) is 11.5. The predicted octanol–water partition coefficient (Wildman–Crippen LogP) is 7.98. The Morgan fingerprint density at radius 2 is 1.44 bits per heavy atom. The molecule has 222 valence electrons. The molecule has 1 aliphatic rings. The van der Waals surface area contributed by atoms with E-state index in [1.807, 2.05) is 6.08 Å². The number of hydrogen-bond acceptors (Lipinski definition) is 6. The zero-order valence-electron chi connectivity index (χ0n) is 26.6. The quantitative estimate of drug-likeness (QED) is 0.225. The lowest BCUT2D eigenvalue weighted by Crippen LogP contribution is -2.32. The Hall–Kier alpha value is -3.38. The summed E-state index contributed by atoms with van der Waals surface area (Å²) in [6, 6.07) is 17.6. The Kier molecular flexibility index (Phi) is 12.2. The van der Waals surface area contributed by atoms with Gasteiger partial charge in [0.25, 0.3) is 0 Å². The first-order valence-corrected chi connectivity index (χ1v) is 15.4. The van der Waals surface area contributed by atoms with Crippen LogP contribution in [0, 0.1) is 0 Å². The number of anilines is 2. The summed E-state index contributed by atoms with van der Waals surface area (Å²) in [6.07, 6.45) is 9.11. The van der Waals surface area contributed by atoms with Gasteiger partial charge in [-0.1, -0.05) is 45.7 Å². The minimum atomic E-state index is -0.0188. The van der Waals surface area contributed by atoms with E-state index < -0.39 is 0 Å². The summed E-state index contributed by atoms with van der Waals surface area (Å²) in [4.78, 5) is 25.4. The van der Waals surface area contributed by atoms with E-state index in [4.69, 9.17) is 4.99 Å². The molecule has 3 rings (SSSR count). The SMILES string of the molecule is CCCCN(CCCC)C1=CC(=O)C(Nc2ccc(C(CC)N(C)C)cc2)=CC1=Nc1ccc(N(C)C(C)C)cc1. The Morgan fingerprint density at radius 1 is 0.829 bits per heavy atom. The van der Waals surface area contributed by atoms with Crippen molar-refractivity contribution in [2.45, 2.75) is 78.8 Å². The molecule has 2 aromatic rings. The summed E-state index contributed by atoms with van der Waals surface area (Å²) in [5.74, 6) is -0.0188. The molecule has 0 fully saturated rings. The number of rotatable bonds is 15. The number of benzene rings is 2. The number of nitrogens with zero attached hydrogens (tertiary/aromatic N) is 4. The van der Waals surface area contributed by atoms with E-state index in [-0.39, 0.29) is 5.78 Å². The number of nitrogens with one attached hydrogen (secondary N) is 1. The molecule has 6 heteroatoms. The summed E-state index contributed by atoms with van der Waals surface area (Å²) in [6.45, 7) is 12.8. The van der Waals surface area contributed by atoms with Crippen molar-refractivity contribution >= 4 is 28.6 Å². The molecule has 6 nitrogen and oxygen atoms in total. The van der Waals surface area contributed by atoms with Gasteiger partial charge in [0, 0.05) is 49.7 Å². The highest BCUT2D eigenvalue weighted by Gasteiger charge is 2.24. The van der Waals surface area contributed by atoms with Gasteiger partial charge in [0.05, 0.1) is 22.8 Å². The average molecular weight is 558 g/mol. The van der Waals surface area contributed by atoms with Crippen molar-refractivity contribution in [3.8, 4) is 0 Å². The number of hydrogen-bond donors (Lipinski definition) is 1. The van der Waals surface area contributed by atoms with Gasteiger partial charge >= 0.3 is 0 Å². The zero-order chi connectivity index (χ0) is 29.9. The highest BCUT2D eigenvalue weighted by molar-refractivity contribution is 6.23. The number of ketones is 1. The van der Waals surface area contributed by atoms with Gasteiger partial charge in [-0.3, -0.25) is 4.79 Å². The number of allylic oxidation sites excluding steroid dienone is 2. The monoisotopic (exact) mass is 557 g/mol. The van der Waals surface area contributed by atoms with Crippen LogP contribution in [-0.4, -0.2) is 61.6 Å². The van der Waals surface area contributed by atoms with Crippen molar-refractivity contribution in [1.29, 1.82) is 0 Å². The summed E-state index contributed by atoms with van der Waals surface area (Å²) in [7, 11) is 6.32. The van der Waals surface area contributed by atoms with Crippen LogP contribution < -0.4 is 10.2 Å². The average Bonchev–Trinajstić information content (AvgIpc) is 2.96. The standard InChI is InChI=1S/C35H51N5O/c1-9-12-22-40(23-13-10-2)34-25-35(41)32(37-28-16-14-27(15-17-28)33(11-3)38(6)7)24-31(34)36-29-18-20-30(21-19-29)39(8)26(4)5/h14-21,24-26,33,37H,9-13,22-23H2,1-8H3. The number of carbonyl (C=O) groups is 1. The molecule has 0 saturated carbocycles. The fourth-order valence-corrected chi connectivity index (χ4v) is 5.09. The predicted molar refractivity (Wildman–Crippen MR) is 176 cm³/mol. The van der Waals surface area contributed by atoms with Crippen LogP contribution in [-0.2, 0) is 4.79 Å². The number of aliphatic imine (C=N–C) groups is 1. The van der Waals surface area contributed by atoms with Gasteiger partial charge in [-0.2, -0.15) is 0 Å². The lowest BCUT2D eigenvalue weighted by atomic mass is 10.0. The van der Waals surface area contributed by atoms with E-state index in [0.29, 0.717) is 17.8 Å². The lowest BCUT2D eigenvalue weighted by molar-refractivity contribution is -0.111. The highest BCUT2D eigenvalue weighted by Crippen LogP contribution is 2.27. The highest BCUT2D eigenvalue weighted by atomic mass is 16.1. The molecule has 0 radical (unpaired) electrons. The van der Waals surface area contributed by atoms with Gasteiger partial charge in [-0.25, -0.2) is 4.99 Å².